The number of pyridine rings is 1. The third kappa shape index (κ3) is 3.78. The van der Waals surface area contributed by atoms with Gasteiger partial charge in [-0.15, -0.1) is 0 Å². The van der Waals surface area contributed by atoms with Crippen LogP contribution < -0.4 is 26.1 Å². The number of methoxy groups -OCH3 is 1. The average molecular weight is 352 g/mol. The van der Waals surface area contributed by atoms with Crippen molar-refractivity contribution >= 4 is 17.4 Å². The van der Waals surface area contributed by atoms with Crippen LogP contribution in [0.3, 0.4) is 0 Å². The predicted octanol–water partition coefficient (Wildman–Crippen LogP) is 2.01. The minimum atomic E-state index is -0.407. The lowest BCUT2D eigenvalue weighted by atomic mass is 10.2. The summed E-state index contributed by atoms with van der Waals surface area (Å²) < 4.78 is 10.7. The van der Waals surface area contributed by atoms with Gasteiger partial charge in [0.05, 0.1) is 18.9 Å². The van der Waals surface area contributed by atoms with E-state index in [4.69, 9.17) is 15.2 Å². The van der Waals surface area contributed by atoms with Crippen LogP contribution in [0.5, 0.6) is 17.4 Å². The standard InChI is InChI=1S/C17H16N6O3/c1-25-13-7-3-2-6-12(13)16(24)23-22-15-14(18)17(21-10-20-15)26-11-5-4-8-19-9-11/h2-10H,18H2,1H3,(H,23,24)(H,20,21,22). The molecule has 0 fully saturated rings. The normalized spacial score (nSPS) is 10.0. The molecule has 9 heteroatoms. The van der Waals surface area contributed by atoms with Crippen LogP contribution in [0.25, 0.3) is 0 Å². The number of amides is 1. The van der Waals surface area contributed by atoms with Crippen LogP contribution in [0.1, 0.15) is 10.4 Å². The second kappa shape index (κ2) is 7.79. The van der Waals surface area contributed by atoms with Crippen molar-refractivity contribution in [2.24, 2.45) is 0 Å². The summed E-state index contributed by atoms with van der Waals surface area (Å²) >= 11 is 0. The molecule has 132 valence electrons. The van der Waals surface area contributed by atoms with Gasteiger partial charge >= 0.3 is 0 Å². The summed E-state index contributed by atoms with van der Waals surface area (Å²) in [4.78, 5) is 24.2. The Hall–Kier alpha value is -3.88. The van der Waals surface area contributed by atoms with E-state index in [9.17, 15) is 4.79 Å². The summed E-state index contributed by atoms with van der Waals surface area (Å²) in [6.07, 6.45) is 4.41. The Morgan fingerprint density at radius 3 is 2.77 bits per heavy atom. The molecule has 3 aromatic rings. The molecule has 0 aliphatic heterocycles. The molecule has 4 N–H and O–H groups in total. The second-order valence-corrected chi connectivity index (χ2v) is 5.01. The zero-order valence-corrected chi connectivity index (χ0v) is 13.8. The molecule has 0 atom stereocenters. The molecule has 0 unspecified atom stereocenters. The van der Waals surface area contributed by atoms with Crippen LogP contribution in [-0.4, -0.2) is 28.0 Å². The van der Waals surface area contributed by atoms with Crippen molar-refractivity contribution in [3.63, 3.8) is 0 Å². The minimum absolute atomic E-state index is 0.136. The number of carbonyl (C=O) groups excluding carboxylic acids is 1. The Balaban J connectivity index is 1.72. The maximum Gasteiger partial charge on any atom is 0.273 e. The number of hydrogen-bond donors (Lipinski definition) is 3. The highest BCUT2D eigenvalue weighted by Crippen LogP contribution is 2.28. The van der Waals surface area contributed by atoms with Gasteiger partial charge in [0.1, 0.15) is 23.5 Å². The smallest absolute Gasteiger partial charge is 0.273 e. The molecular weight excluding hydrogens is 336 g/mol. The quantitative estimate of drug-likeness (QED) is 0.576. The van der Waals surface area contributed by atoms with Crippen LogP contribution in [0.2, 0.25) is 0 Å². The van der Waals surface area contributed by atoms with Gasteiger partial charge in [0.25, 0.3) is 5.91 Å². The summed E-state index contributed by atoms with van der Waals surface area (Å²) in [7, 11) is 1.49. The molecule has 0 spiro atoms. The van der Waals surface area contributed by atoms with E-state index in [0.29, 0.717) is 17.1 Å². The number of carbonyl (C=O) groups is 1. The molecule has 0 radical (unpaired) electrons. The number of nitrogens with one attached hydrogen (secondary N) is 2. The number of benzene rings is 1. The van der Waals surface area contributed by atoms with Crippen molar-refractivity contribution < 1.29 is 14.3 Å². The number of ether oxygens (including phenoxy) is 2. The Bertz CT molecular complexity index is 904. The molecule has 0 aliphatic rings. The third-order valence-corrected chi connectivity index (χ3v) is 3.34. The van der Waals surface area contributed by atoms with Crippen molar-refractivity contribution in [1.82, 2.24) is 20.4 Å². The molecule has 2 heterocycles. The van der Waals surface area contributed by atoms with Gasteiger partial charge in [-0.25, -0.2) is 4.98 Å². The lowest BCUT2D eigenvalue weighted by Crippen LogP contribution is -2.30. The first-order valence-electron chi connectivity index (χ1n) is 7.56. The van der Waals surface area contributed by atoms with Gasteiger partial charge in [0.2, 0.25) is 5.88 Å². The molecular formula is C17H16N6O3. The van der Waals surface area contributed by atoms with Gasteiger partial charge in [-0.05, 0) is 24.3 Å². The number of hydrazine groups is 1. The van der Waals surface area contributed by atoms with Gasteiger partial charge in [0.15, 0.2) is 5.82 Å². The van der Waals surface area contributed by atoms with E-state index in [1.165, 1.54) is 19.6 Å². The van der Waals surface area contributed by atoms with Gasteiger partial charge in [-0.1, -0.05) is 12.1 Å². The lowest BCUT2D eigenvalue weighted by molar-refractivity contribution is 0.0959. The molecule has 3 rings (SSSR count). The summed E-state index contributed by atoms with van der Waals surface area (Å²) in [5.41, 5.74) is 11.7. The van der Waals surface area contributed by atoms with Crippen molar-refractivity contribution in [2.45, 2.75) is 0 Å². The maximum absolute atomic E-state index is 12.3. The highest BCUT2D eigenvalue weighted by atomic mass is 16.5. The number of nitrogen functional groups attached to an aromatic ring is 1. The van der Waals surface area contributed by atoms with E-state index < -0.39 is 5.91 Å². The molecule has 9 nitrogen and oxygen atoms in total. The molecule has 26 heavy (non-hydrogen) atoms. The van der Waals surface area contributed by atoms with E-state index in [1.807, 2.05) is 0 Å². The van der Waals surface area contributed by atoms with Crippen LogP contribution in [0, 0.1) is 0 Å². The van der Waals surface area contributed by atoms with Gasteiger partial charge in [-0.3, -0.25) is 20.6 Å². The minimum Gasteiger partial charge on any atom is -0.496 e. The van der Waals surface area contributed by atoms with E-state index >= 15 is 0 Å². The van der Waals surface area contributed by atoms with Gasteiger partial charge in [0, 0.05) is 6.20 Å². The van der Waals surface area contributed by atoms with Crippen LogP contribution in [0.15, 0.2) is 55.1 Å². The summed E-state index contributed by atoms with van der Waals surface area (Å²) in [5, 5.41) is 0. The summed E-state index contributed by atoms with van der Waals surface area (Å²) in [6, 6.07) is 10.3. The first kappa shape index (κ1) is 17.0. The van der Waals surface area contributed by atoms with Gasteiger partial charge in [-0.2, -0.15) is 4.98 Å². The number of nitrogens with two attached hydrogens (primary N) is 1. The van der Waals surface area contributed by atoms with Crippen LogP contribution in [0.4, 0.5) is 11.5 Å². The Morgan fingerprint density at radius 2 is 2.00 bits per heavy atom. The lowest BCUT2D eigenvalue weighted by Gasteiger charge is -2.13. The Kier molecular flexibility index (Phi) is 5.08. The van der Waals surface area contributed by atoms with Crippen molar-refractivity contribution in [3.05, 3.63) is 60.7 Å². The summed E-state index contributed by atoms with van der Waals surface area (Å²) in [5.74, 6) is 0.851. The molecule has 0 saturated carbocycles. The van der Waals surface area contributed by atoms with Crippen LogP contribution in [-0.2, 0) is 0 Å². The third-order valence-electron chi connectivity index (χ3n) is 3.34. The van der Waals surface area contributed by atoms with E-state index in [2.05, 4.69) is 25.8 Å². The molecule has 0 bridgehead atoms. The number of anilines is 2. The summed E-state index contributed by atoms with van der Waals surface area (Å²) in [6.45, 7) is 0. The molecule has 2 aromatic heterocycles. The highest BCUT2D eigenvalue weighted by Gasteiger charge is 2.14. The SMILES string of the molecule is COc1ccccc1C(=O)NNc1ncnc(Oc2cccnc2)c1N. The molecule has 0 aliphatic carbocycles. The predicted molar refractivity (Wildman–Crippen MR) is 94.8 cm³/mol. The zero-order valence-electron chi connectivity index (χ0n) is 13.8. The first-order valence-corrected chi connectivity index (χ1v) is 7.56. The fraction of sp³-hybridized carbons (Fsp3) is 0.0588. The second-order valence-electron chi connectivity index (χ2n) is 5.01. The van der Waals surface area contributed by atoms with Crippen molar-refractivity contribution in [1.29, 1.82) is 0 Å². The number of hydrogen-bond acceptors (Lipinski definition) is 8. The Morgan fingerprint density at radius 1 is 1.15 bits per heavy atom. The van der Waals surface area contributed by atoms with Crippen molar-refractivity contribution in [3.8, 4) is 17.4 Å². The topological polar surface area (TPSA) is 124 Å². The fourth-order valence-corrected chi connectivity index (χ4v) is 2.09. The van der Waals surface area contributed by atoms with E-state index in [-0.39, 0.29) is 17.4 Å². The fourth-order valence-electron chi connectivity index (χ4n) is 2.09. The van der Waals surface area contributed by atoms with Crippen LogP contribution >= 0.6 is 0 Å². The number of para-hydroxylation sites is 1. The molecule has 1 aromatic carbocycles. The molecule has 0 saturated heterocycles. The largest absolute Gasteiger partial charge is 0.496 e. The number of nitrogens with zero attached hydrogens (tertiary/aromatic N) is 3. The number of aromatic nitrogens is 3. The average Bonchev–Trinajstić information content (AvgIpc) is 2.69. The number of rotatable bonds is 6. The first-order chi connectivity index (χ1) is 12.7. The Labute approximate surface area is 149 Å². The monoisotopic (exact) mass is 352 g/mol. The maximum atomic E-state index is 12.3. The highest BCUT2D eigenvalue weighted by molar-refractivity contribution is 5.97. The van der Waals surface area contributed by atoms with Gasteiger partial charge < -0.3 is 15.2 Å². The zero-order chi connectivity index (χ0) is 18.4. The van der Waals surface area contributed by atoms with Crippen molar-refractivity contribution in [2.75, 3.05) is 18.3 Å². The van der Waals surface area contributed by atoms with E-state index in [0.717, 1.165) is 0 Å². The molecule has 1 amide bonds. The van der Waals surface area contributed by atoms with E-state index in [1.54, 1.807) is 42.6 Å².